The first-order chi connectivity index (χ1) is 11.5. The van der Waals surface area contributed by atoms with Crippen LogP contribution in [0.4, 0.5) is 5.69 Å². The Morgan fingerprint density at radius 1 is 1.17 bits per heavy atom. The average Bonchev–Trinajstić information content (AvgIpc) is 2.86. The number of para-hydroxylation sites is 1. The van der Waals surface area contributed by atoms with Crippen LogP contribution in [0.2, 0.25) is 5.02 Å². The normalized spacial score (nSPS) is 11.0. The van der Waals surface area contributed by atoms with Crippen LogP contribution in [0.5, 0.6) is 11.6 Å². The van der Waals surface area contributed by atoms with Gasteiger partial charge in [0.2, 0.25) is 5.88 Å². The van der Waals surface area contributed by atoms with E-state index in [1.54, 1.807) is 16.7 Å². The molecule has 1 N–H and O–H groups in total. The average molecular weight is 345 g/mol. The fraction of sp³-hybridized carbons (Fsp3) is 0.222. The van der Waals surface area contributed by atoms with Crippen molar-refractivity contribution in [1.29, 1.82) is 0 Å². The molecule has 0 aliphatic carbocycles. The minimum Gasteiger partial charge on any atom is -0.493 e. The molecule has 124 valence electrons. The van der Waals surface area contributed by atoms with Gasteiger partial charge in [0.1, 0.15) is 12.4 Å². The van der Waals surface area contributed by atoms with Crippen molar-refractivity contribution in [3.8, 4) is 11.6 Å². The highest BCUT2D eigenvalue weighted by atomic mass is 35.5. The number of nitrogens with zero attached hydrogens (tertiary/aromatic N) is 2. The molecule has 0 amide bonds. The third-order valence-corrected chi connectivity index (χ3v) is 4.37. The van der Waals surface area contributed by atoms with Crippen LogP contribution in [0.1, 0.15) is 11.1 Å². The van der Waals surface area contributed by atoms with Gasteiger partial charge in [0.25, 0.3) is 0 Å². The van der Waals surface area contributed by atoms with Gasteiger partial charge >= 0.3 is 0 Å². The molecule has 0 bridgehead atoms. The highest BCUT2D eigenvalue weighted by Crippen LogP contribution is 2.41. The summed E-state index contributed by atoms with van der Waals surface area (Å²) in [6, 6.07) is 11.1. The molecule has 0 aliphatic heterocycles. The molecule has 0 aliphatic rings. The Morgan fingerprint density at radius 3 is 2.58 bits per heavy atom. The number of aryl methyl sites for hydroxylation is 2. The van der Waals surface area contributed by atoms with Gasteiger partial charge in [-0.25, -0.2) is 0 Å². The van der Waals surface area contributed by atoms with Crippen molar-refractivity contribution >= 4 is 28.2 Å². The first kappa shape index (κ1) is 16.3. The van der Waals surface area contributed by atoms with Crippen LogP contribution in [-0.4, -0.2) is 16.3 Å². The number of rotatable bonds is 5. The lowest BCUT2D eigenvalue weighted by atomic mass is 10.1. The molecule has 0 saturated heterocycles. The summed E-state index contributed by atoms with van der Waals surface area (Å²) < 4.78 is 7.34. The largest absolute Gasteiger partial charge is 0.493 e. The van der Waals surface area contributed by atoms with Gasteiger partial charge in [0.05, 0.1) is 17.1 Å². The van der Waals surface area contributed by atoms with Crippen molar-refractivity contribution in [2.45, 2.75) is 20.4 Å². The molecular formula is C18H17ClN2O3. The summed E-state index contributed by atoms with van der Waals surface area (Å²) in [5.41, 5.74) is 2.72. The van der Waals surface area contributed by atoms with E-state index in [-0.39, 0.29) is 11.6 Å². The van der Waals surface area contributed by atoms with Gasteiger partial charge in [-0.05, 0) is 42.3 Å². The van der Waals surface area contributed by atoms with Gasteiger partial charge in [0.15, 0.2) is 5.69 Å². The third-order valence-electron chi connectivity index (χ3n) is 4.06. The maximum Gasteiger partial charge on any atom is 0.222 e. The van der Waals surface area contributed by atoms with Gasteiger partial charge in [-0.1, -0.05) is 35.9 Å². The van der Waals surface area contributed by atoms with E-state index in [0.717, 1.165) is 16.6 Å². The maximum atomic E-state index is 11.2. The molecule has 2 aromatic carbocycles. The molecular weight excluding hydrogens is 328 g/mol. The summed E-state index contributed by atoms with van der Waals surface area (Å²) in [6.07, 6.45) is 0. The smallest absolute Gasteiger partial charge is 0.222 e. The Kier molecular flexibility index (Phi) is 4.44. The second-order valence-electron chi connectivity index (χ2n) is 5.62. The van der Waals surface area contributed by atoms with Crippen molar-refractivity contribution < 1.29 is 9.84 Å². The van der Waals surface area contributed by atoms with E-state index >= 15 is 0 Å². The molecule has 0 unspecified atom stereocenters. The lowest BCUT2D eigenvalue weighted by Gasteiger charge is -2.11. The van der Waals surface area contributed by atoms with E-state index in [0.29, 0.717) is 29.3 Å². The van der Waals surface area contributed by atoms with Crippen molar-refractivity contribution in [3.63, 3.8) is 0 Å². The van der Waals surface area contributed by atoms with E-state index in [1.807, 2.05) is 38.1 Å². The fourth-order valence-electron chi connectivity index (χ4n) is 2.90. The molecule has 0 spiro atoms. The Balaban J connectivity index is 1.95. The van der Waals surface area contributed by atoms with Crippen LogP contribution in [0.15, 0.2) is 41.6 Å². The number of ether oxygens (including phenoxy) is 1. The second kappa shape index (κ2) is 6.53. The number of aromatic hydroxyl groups is 1. The molecule has 3 rings (SSSR count). The van der Waals surface area contributed by atoms with Crippen LogP contribution in [-0.2, 0) is 6.54 Å². The summed E-state index contributed by atoms with van der Waals surface area (Å²) >= 11 is 6.07. The summed E-state index contributed by atoms with van der Waals surface area (Å²) in [4.78, 5) is 11.2. The summed E-state index contributed by atoms with van der Waals surface area (Å²) in [5, 5.41) is 14.6. The van der Waals surface area contributed by atoms with E-state index in [9.17, 15) is 10.0 Å². The van der Waals surface area contributed by atoms with E-state index in [4.69, 9.17) is 16.3 Å². The molecule has 6 heteroatoms. The number of nitroso groups, excluding NO2 is 1. The molecule has 0 atom stereocenters. The van der Waals surface area contributed by atoms with E-state index in [1.165, 1.54) is 0 Å². The number of hydrogen-bond donors (Lipinski definition) is 1. The predicted octanol–water partition coefficient (Wildman–Crippen LogP) is 5.09. The Bertz CT molecular complexity index is 918. The van der Waals surface area contributed by atoms with Gasteiger partial charge in [0, 0.05) is 5.39 Å². The first-order valence-corrected chi connectivity index (χ1v) is 7.94. The summed E-state index contributed by atoms with van der Waals surface area (Å²) in [6.45, 7) is 4.49. The van der Waals surface area contributed by atoms with Crippen molar-refractivity contribution in [2.75, 3.05) is 6.61 Å². The molecule has 0 fully saturated rings. The Morgan fingerprint density at radius 2 is 1.88 bits per heavy atom. The minimum absolute atomic E-state index is 0.0731. The number of halogens is 1. The highest BCUT2D eigenvalue weighted by molar-refractivity contribution is 6.32. The lowest BCUT2D eigenvalue weighted by molar-refractivity contribution is 0.291. The van der Waals surface area contributed by atoms with E-state index < -0.39 is 0 Å². The van der Waals surface area contributed by atoms with E-state index in [2.05, 4.69) is 5.18 Å². The molecule has 0 saturated carbocycles. The lowest BCUT2D eigenvalue weighted by Crippen LogP contribution is -2.08. The SMILES string of the molecule is Cc1ccc(C)c2c1c(N=O)c(O)n2CCOc1ccccc1Cl. The molecule has 1 heterocycles. The zero-order chi connectivity index (χ0) is 17.3. The van der Waals surface area contributed by atoms with Crippen molar-refractivity contribution in [2.24, 2.45) is 5.18 Å². The molecule has 24 heavy (non-hydrogen) atoms. The highest BCUT2D eigenvalue weighted by Gasteiger charge is 2.20. The quantitative estimate of drug-likeness (QED) is 0.655. The predicted molar refractivity (Wildman–Crippen MR) is 95.5 cm³/mol. The molecule has 1 aromatic heterocycles. The number of benzene rings is 2. The third kappa shape index (κ3) is 2.71. The van der Waals surface area contributed by atoms with Crippen LogP contribution >= 0.6 is 11.6 Å². The van der Waals surface area contributed by atoms with Crippen LogP contribution in [0, 0.1) is 18.8 Å². The summed E-state index contributed by atoms with van der Waals surface area (Å²) in [5.74, 6) is 0.442. The standard InChI is InChI=1S/C18H17ClN2O3/c1-11-7-8-12(2)17-15(11)16(20-23)18(22)21(17)9-10-24-14-6-4-3-5-13(14)19/h3-8,22H,9-10H2,1-2H3. The van der Waals surface area contributed by atoms with Gasteiger partial charge in [-0.2, -0.15) is 0 Å². The van der Waals surface area contributed by atoms with Crippen molar-refractivity contribution in [3.05, 3.63) is 57.5 Å². The number of fused-ring (bicyclic) bond motifs is 1. The van der Waals surface area contributed by atoms with Gasteiger partial charge < -0.3 is 14.4 Å². The fourth-order valence-corrected chi connectivity index (χ4v) is 3.09. The van der Waals surface area contributed by atoms with Gasteiger partial charge in [-0.3, -0.25) is 0 Å². The topological polar surface area (TPSA) is 63.8 Å². The first-order valence-electron chi connectivity index (χ1n) is 7.56. The van der Waals surface area contributed by atoms with Crippen LogP contribution in [0.25, 0.3) is 10.9 Å². The van der Waals surface area contributed by atoms with Gasteiger partial charge in [-0.15, -0.1) is 4.91 Å². The zero-order valence-corrected chi connectivity index (χ0v) is 14.2. The maximum absolute atomic E-state index is 11.2. The second-order valence-corrected chi connectivity index (χ2v) is 6.02. The Hall–Kier alpha value is -2.53. The Labute approximate surface area is 144 Å². The molecule has 5 nitrogen and oxygen atoms in total. The van der Waals surface area contributed by atoms with Crippen LogP contribution in [0.3, 0.4) is 0 Å². The number of aromatic nitrogens is 1. The minimum atomic E-state index is -0.139. The number of hydrogen-bond acceptors (Lipinski definition) is 4. The zero-order valence-electron chi connectivity index (χ0n) is 13.4. The molecule has 0 radical (unpaired) electrons. The monoisotopic (exact) mass is 344 g/mol. The van der Waals surface area contributed by atoms with Crippen LogP contribution < -0.4 is 4.74 Å². The molecule has 3 aromatic rings. The van der Waals surface area contributed by atoms with Crippen molar-refractivity contribution in [1.82, 2.24) is 4.57 Å². The summed E-state index contributed by atoms with van der Waals surface area (Å²) in [7, 11) is 0.